The molecule has 88 valence electrons. The van der Waals surface area contributed by atoms with Crippen molar-refractivity contribution in [2.45, 2.75) is 24.5 Å². The van der Waals surface area contributed by atoms with Crippen molar-refractivity contribution in [3.63, 3.8) is 0 Å². The predicted molar refractivity (Wildman–Crippen MR) is 67.4 cm³/mol. The molecule has 2 aromatic heterocycles. The van der Waals surface area contributed by atoms with Gasteiger partial charge in [-0.1, -0.05) is 12.5 Å². The molecule has 2 aromatic rings. The monoisotopic (exact) mass is 247 g/mol. The maximum absolute atomic E-state index is 11.1. The Bertz CT molecular complexity index is 546. The second kappa shape index (κ2) is 4.49. The van der Waals surface area contributed by atoms with Crippen molar-refractivity contribution in [1.29, 1.82) is 0 Å². The van der Waals surface area contributed by atoms with Crippen LogP contribution < -0.4 is 0 Å². The zero-order chi connectivity index (χ0) is 11.7. The molecule has 0 N–H and O–H groups in total. The number of thioether (sulfide) groups is 1. The smallest absolute Gasteiger partial charge is 0.166 e. The minimum absolute atomic E-state index is 0.375. The van der Waals surface area contributed by atoms with E-state index in [1.165, 1.54) is 18.6 Å². The van der Waals surface area contributed by atoms with Gasteiger partial charge in [-0.3, -0.25) is 9.20 Å². The van der Waals surface area contributed by atoms with E-state index in [1.807, 2.05) is 28.3 Å². The topological polar surface area (TPSA) is 47.3 Å². The number of aromatic nitrogens is 3. The van der Waals surface area contributed by atoms with Gasteiger partial charge in [-0.2, -0.15) is 11.8 Å². The third-order valence-electron chi connectivity index (χ3n) is 3.07. The lowest BCUT2D eigenvalue weighted by atomic mass is 10.2. The van der Waals surface area contributed by atoms with Crippen molar-refractivity contribution in [2.75, 3.05) is 5.75 Å². The third-order valence-corrected chi connectivity index (χ3v) is 4.45. The maximum atomic E-state index is 11.1. The Labute approximate surface area is 103 Å². The van der Waals surface area contributed by atoms with Crippen LogP contribution in [-0.2, 0) is 0 Å². The molecule has 1 fully saturated rings. The van der Waals surface area contributed by atoms with E-state index in [0.29, 0.717) is 10.9 Å². The molecule has 1 aliphatic rings. The number of hydrogen-bond acceptors (Lipinski definition) is 4. The van der Waals surface area contributed by atoms with E-state index in [0.717, 1.165) is 24.2 Å². The molecule has 1 unspecified atom stereocenters. The van der Waals surface area contributed by atoms with Crippen LogP contribution in [0.2, 0.25) is 0 Å². The van der Waals surface area contributed by atoms with Crippen molar-refractivity contribution in [2.24, 2.45) is 0 Å². The number of aldehydes is 1. The maximum Gasteiger partial charge on any atom is 0.166 e. The van der Waals surface area contributed by atoms with Crippen LogP contribution in [0, 0.1) is 0 Å². The molecule has 0 aliphatic carbocycles. The van der Waals surface area contributed by atoms with E-state index < -0.39 is 0 Å². The van der Waals surface area contributed by atoms with Crippen LogP contribution in [0.3, 0.4) is 0 Å². The van der Waals surface area contributed by atoms with Gasteiger partial charge in [0.1, 0.15) is 0 Å². The second-order valence-corrected chi connectivity index (χ2v) is 5.49. The van der Waals surface area contributed by atoms with Crippen LogP contribution in [0.1, 0.15) is 40.8 Å². The zero-order valence-corrected chi connectivity index (χ0v) is 10.2. The van der Waals surface area contributed by atoms with Crippen LogP contribution in [0.15, 0.2) is 18.2 Å². The lowest BCUT2D eigenvalue weighted by Gasteiger charge is -2.19. The van der Waals surface area contributed by atoms with E-state index in [4.69, 9.17) is 0 Å². The molecule has 0 radical (unpaired) electrons. The average Bonchev–Trinajstić information content (AvgIpc) is 2.83. The molecule has 0 amide bonds. The first kappa shape index (κ1) is 10.8. The Hall–Kier alpha value is -1.36. The summed E-state index contributed by atoms with van der Waals surface area (Å²) in [5.41, 5.74) is 1.39. The molecule has 0 bridgehead atoms. The molecule has 1 saturated heterocycles. The first-order valence-electron chi connectivity index (χ1n) is 5.81. The van der Waals surface area contributed by atoms with Gasteiger partial charge in [0.2, 0.25) is 0 Å². The van der Waals surface area contributed by atoms with E-state index in [1.54, 1.807) is 6.07 Å². The number of fused-ring (bicyclic) bond motifs is 1. The highest BCUT2D eigenvalue weighted by molar-refractivity contribution is 7.99. The normalized spacial score (nSPS) is 20.6. The van der Waals surface area contributed by atoms with Gasteiger partial charge in [-0.15, -0.1) is 10.2 Å². The van der Waals surface area contributed by atoms with Gasteiger partial charge in [-0.05, 0) is 30.7 Å². The van der Waals surface area contributed by atoms with E-state index in [-0.39, 0.29) is 0 Å². The molecule has 0 saturated carbocycles. The van der Waals surface area contributed by atoms with Gasteiger partial charge >= 0.3 is 0 Å². The molecular formula is C12H13N3OS. The molecule has 0 aromatic carbocycles. The van der Waals surface area contributed by atoms with Crippen LogP contribution in [0.25, 0.3) is 5.65 Å². The summed E-state index contributed by atoms with van der Waals surface area (Å²) in [5, 5.41) is 8.78. The lowest BCUT2D eigenvalue weighted by molar-refractivity contribution is 0.111. The van der Waals surface area contributed by atoms with Crippen molar-refractivity contribution >= 4 is 23.7 Å². The number of nitrogens with zero attached hydrogens (tertiary/aromatic N) is 3. The average molecular weight is 247 g/mol. The standard InChI is InChI=1S/C12H13N3OS/c16-8-9-4-3-6-11-13-14-12(15(9)11)10-5-1-2-7-17-10/h3-4,6,8,10H,1-2,5,7H2. The summed E-state index contributed by atoms with van der Waals surface area (Å²) in [6, 6.07) is 5.53. The summed E-state index contributed by atoms with van der Waals surface area (Å²) in [6.45, 7) is 0. The van der Waals surface area contributed by atoms with Crippen molar-refractivity contribution in [1.82, 2.24) is 14.6 Å². The van der Waals surface area contributed by atoms with Gasteiger partial charge in [0.25, 0.3) is 0 Å². The number of carbonyl (C=O) groups excluding carboxylic acids is 1. The van der Waals surface area contributed by atoms with Crippen molar-refractivity contribution in [3.05, 3.63) is 29.7 Å². The molecule has 0 spiro atoms. The van der Waals surface area contributed by atoms with Crippen LogP contribution in [0.5, 0.6) is 0 Å². The first-order chi connectivity index (χ1) is 8.40. The Morgan fingerprint density at radius 3 is 3.06 bits per heavy atom. The Balaban J connectivity index is 2.12. The largest absolute Gasteiger partial charge is 0.296 e. The summed E-state index contributed by atoms with van der Waals surface area (Å²) < 4.78 is 1.88. The highest BCUT2D eigenvalue weighted by Gasteiger charge is 2.22. The number of hydrogen-bond donors (Lipinski definition) is 0. The Kier molecular flexibility index (Phi) is 2.84. The van der Waals surface area contributed by atoms with Crippen LogP contribution >= 0.6 is 11.8 Å². The predicted octanol–water partition coefficient (Wildman–Crippen LogP) is 2.50. The number of pyridine rings is 1. The fraction of sp³-hybridized carbons (Fsp3) is 0.417. The molecule has 1 aliphatic heterocycles. The molecule has 5 heteroatoms. The fourth-order valence-corrected chi connectivity index (χ4v) is 3.52. The van der Waals surface area contributed by atoms with Crippen LogP contribution in [0.4, 0.5) is 0 Å². The minimum atomic E-state index is 0.375. The van der Waals surface area contributed by atoms with Gasteiger partial charge in [0, 0.05) is 0 Å². The molecule has 3 rings (SSSR count). The molecule has 17 heavy (non-hydrogen) atoms. The fourth-order valence-electron chi connectivity index (χ4n) is 2.23. The zero-order valence-electron chi connectivity index (χ0n) is 9.37. The molecule has 4 nitrogen and oxygen atoms in total. The van der Waals surface area contributed by atoms with Gasteiger partial charge < -0.3 is 0 Å². The molecule has 1 atom stereocenters. The lowest BCUT2D eigenvalue weighted by Crippen LogP contribution is -2.08. The Morgan fingerprint density at radius 2 is 2.29 bits per heavy atom. The Morgan fingerprint density at radius 1 is 1.35 bits per heavy atom. The van der Waals surface area contributed by atoms with Crippen LogP contribution in [-0.4, -0.2) is 26.6 Å². The van der Waals surface area contributed by atoms with E-state index in [9.17, 15) is 4.79 Å². The molecule has 3 heterocycles. The highest BCUT2D eigenvalue weighted by atomic mass is 32.2. The van der Waals surface area contributed by atoms with Gasteiger partial charge in [-0.25, -0.2) is 0 Å². The SMILES string of the molecule is O=Cc1cccc2nnc(C3CCCCS3)n12. The van der Waals surface area contributed by atoms with Gasteiger partial charge in [0.05, 0.1) is 10.9 Å². The van der Waals surface area contributed by atoms with Gasteiger partial charge in [0.15, 0.2) is 17.8 Å². The third kappa shape index (κ3) is 1.84. The van der Waals surface area contributed by atoms with E-state index in [2.05, 4.69) is 10.2 Å². The summed E-state index contributed by atoms with van der Waals surface area (Å²) in [4.78, 5) is 11.1. The first-order valence-corrected chi connectivity index (χ1v) is 6.86. The summed E-state index contributed by atoms with van der Waals surface area (Å²) in [5.74, 6) is 2.09. The van der Waals surface area contributed by atoms with E-state index >= 15 is 0 Å². The molecular weight excluding hydrogens is 234 g/mol. The summed E-state index contributed by atoms with van der Waals surface area (Å²) >= 11 is 1.92. The second-order valence-electron chi connectivity index (χ2n) is 4.18. The summed E-state index contributed by atoms with van der Waals surface area (Å²) in [7, 11) is 0. The quantitative estimate of drug-likeness (QED) is 0.765. The number of rotatable bonds is 2. The van der Waals surface area contributed by atoms with Crippen molar-refractivity contribution in [3.8, 4) is 0 Å². The highest BCUT2D eigenvalue weighted by Crippen LogP contribution is 2.37. The van der Waals surface area contributed by atoms with Crippen molar-refractivity contribution < 1.29 is 4.79 Å². The minimum Gasteiger partial charge on any atom is -0.296 e. The number of carbonyl (C=O) groups is 1. The summed E-state index contributed by atoms with van der Waals surface area (Å²) in [6.07, 6.45) is 4.50.